The number of hydrogen-bond acceptors (Lipinski definition) is 3. The number of nitrogens with zero attached hydrogens (tertiary/aromatic N) is 3. The fraction of sp³-hybridized carbons (Fsp3) is 0.600. The summed E-state index contributed by atoms with van der Waals surface area (Å²) in [7, 11) is 1.74. The van der Waals surface area contributed by atoms with Gasteiger partial charge in [-0.15, -0.1) is 0 Å². The summed E-state index contributed by atoms with van der Waals surface area (Å²) in [5.41, 5.74) is 1.14. The molecule has 1 unspecified atom stereocenters. The monoisotopic (exact) mass is 360 g/mol. The van der Waals surface area contributed by atoms with E-state index in [1.807, 2.05) is 49.1 Å². The molecule has 1 aliphatic heterocycles. The van der Waals surface area contributed by atoms with Gasteiger partial charge in [-0.05, 0) is 25.8 Å². The summed E-state index contributed by atoms with van der Waals surface area (Å²) in [6.45, 7) is 8.98. The number of ether oxygens (including phenoxy) is 1. The highest BCUT2D eigenvalue weighted by atomic mass is 16.5. The number of methoxy groups -OCH3 is 1. The molecule has 1 N–H and O–H groups in total. The van der Waals surface area contributed by atoms with Crippen molar-refractivity contribution >= 4 is 11.9 Å². The van der Waals surface area contributed by atoms with E-state index in [1.54, 1.807) is 7.11 Å². The number of benzene rings is 1. The molecule has 2 rings (SSSR count). The van der Waals surface area contributed by atoms with Crippen LogP contribution in [0.5, 0.6) is 0 Å². The number of carbonyl (C=O) groups excluding carboxylic acids is 1. The summed E-state index contributed by atoms with van der Waals surface area (Å²) < 4.78 is 5.27. The van der Waals surface area contributed by atoms with Crippen molar-refractivity contribution in [3.63, 3.8) is 0 Å². The van der Waals surface area contributed by atoms with Crippen LogP contribution in [0.25, 0.3) is 0 Å². The van der Waals surface area contributed by atoms with Gasteiger partial charge in [-0.1, -0.05) is 30.3 Å². The van der Waals surface area contributed by atoms with E-state index in [0.29, 0.717) is 19.0 Å². The molecule has 6 nitrogen and oxygen atoms in total. The van der Waals surface area contributed by atoms with E-state index in [-0.39, 0.29) is 12.5 Å². The van der Waals surface area contributed by atoms with Crippen molar-refractivity contribution in [2.24, 2.45) is 10.9 Å². The topological polar surface area (TPSA) is 57.2 Å². The van der Waals surface area contributed by atoms with Gasteiger partial charge in [-0.25, -0.2) is 4.99 Å². The molecule has 1 heterocycles. The smallest absolute Gasteiger partial charge is 0.244 e. The second kappa shape index (κ2) is 10.8. The highest BCUT2D eigenvalue weighted by Crippen LogP contribution is 2.16. The maximum Gasteiger partial charge on any atom is 0.244 e. The third-order valence-electron chi connectivity index (χ3n) is 4.64. The number of rotatable bonds is 8. The van der Waals surface area contributed by atoms with Gasteiger partial charge in [0.2, 0.25) is 5.91 Å². The van der Waals surface area contributed by atoms with E-state index in [1.165, 1.54) is 0 Å². The number of carbonyl (C=O) groups is 1. The van der Waals surface area contributed by atoms with Crippen molar-refractivity contribution < 1.29 is 9.53 Å². The van der Waals surface area contributed by atoms with Crippen molar-refractivity contribution in [2.75, 3.05) is 46.4 Å². The fourth-order valence-corrected chi connectivity index (χ4v) is 3.25. The Hall–Kier alpha value is -2.08. The first kappa shape index (κ1) is 20.2. The quantitative estimate of drug-likeness (QED) is 0.569. The van der Waals surface area contributed by atoms with Crippen LogP contribution in [-0.4, -0.2) is 68.1 Å². The lowest BCUT2D eigenvalue weighted by Crippen LogP contribution is -2.41. The Balaban J connectivity index is 1.95. The van der Waals surface area contributed by atoms with Crippen molar-refractivity contribution in [3.05, 3.63) is 35.9 Å². The van der Waals surface area contributed by atoms with Crippen LogP contribution >= 0.6 is 0 Å². The van der Waals surface area contributed by atoms with Gasteiger partial charge in [0.1, 0.15) is 6.54 Å². The van der Waals surface area contributed by atoms with Crippen LogP contribution in [0.2, 0.25) is 0 Å². The van der Waals surface area contributed by atoms with E-state index < -0.39 is 0 Å². The molecule has 1 amide bonds. The minimum atomic E-state index is 0.0550. The van der Waals surface area contributed by atoms with Gasteiger partial charge in [-0.3, -0.25) is 4.79 Å². The maximum absolute atomic E-state index is 12.6. The van der Waals surface area contributed by atoms with Gasteiger partial charge in [0.15, 0.2) is 5.96 Å². The molecule has 26 heavy (non-hydrogen) atoms. The fourth-order valence-electron chi connectivity index (χ4n) is 3.25. The standard InChI is InChI=1S/C20H32N4O2/c1-4-21-20(24-12-11-18(15-24)16-26-3)22-13-19(25)23(5-2)14-17-9-7-6-8-10-17/h6-10,18H,4-5,11-16H2,1-3H3,(H,21,22). The second-order valence-electron chi connectivity index (χ2n) is 6.62. The molecule has 1 aromatic carbocycles. The van der Waals surface area contributed by atoms with Gasteiger partial charge in [0, 0.05) is 45.8 Å². The third kappa shape index (κ3) is 6.02. The number of amides is 1. The molecule has 144 valence electrons. The molecule has 0 saturated carbocycles. The molecular formula is C20H32N4O2. The lowest BCUT2D eigenvalue weighted by molar-refractivity contribution is -0.130. The molecule has 0 radical (unpaired) electrons. The average molecular weight is 361 g/mol. The van der Waals surface area contributed by atoms with Gasteiger partial charge in [0.05, 0.1) is 6.61 Å². The number of guanidine groups is 1. The average Bonchev–Trinajstić information content (AvgIpc) is 3.12. The Morgan fingerprint density at radius 2 is 2.12 bits per heavy atom. The zero-order chi connectivity index (χ0) is 18.8. The van der Waals surface area contributed by atoms with Crippen LogP contribution in [0.15, 0.2) is 35.3 Å². The summed E-state index contributed by atoms with van der Waals surface area (Å²) in [6.07, 6.45) is 1.10. The molecule has 1 fully saturated rings. The van der Waals surface area contributed by atoms with Crippen LogP contribution in [0.3, 0.4) is 0 Å². The zero-order valence-electron chi connectivity index (χ0n) is 16.3. The normalized spacial score (nSPS) is 17.4. The highest BCUT2D eigenvalue weighted by Gasteiger charge is 2.25. The lowest BCUT2D eigenvalue weighted by atomic mass is 10.1. The molecule has 1 aromatic rings. The minimum absolute atomic E-state index is 0.0550. The van der Waals surface area contributed by atoms with Gasteiger partial charge in [0.25, 0.3) is 0 Å². The van der Waals surface area contributed by atoms with E-state index in [2.05, 4.69) is 15.2 Å². The number of hydrogen-bond donors (Lipinski definition) is 1. The van der Waals surface area contributed by atoms with Crippen molar-refractivity contribution in [2.45, 2.75) is 26.8 Å². The molecule has 1 atom stereocenters. The Morgan fingerprint density at radius 1 is 1.35 bits per heavy atom. The van der Waals surface area contributed by atoms with E-state index in [0.717, 1.165) is 44.2 Å². The first-order chi connectivity index (χ1) is 12.7. The van der Waals surface area contributed by atoms with Gasteiger partial charge >= 0.3 is 0 Å². The SMILES string of the molecule is CCNC(=NCC(=O)N(CC)Cc1ccccc1)N1CCC(COC)C1. The van der Waals surface area contributed by atoms with Gasteiger partial charge < -0.3 is 19.9 Å². The van der Waals surface area contributed by atoms with Crippen LogP contribution < -0.4 is 5.32 Å². The van der Waals surface area contributed by atoms with Crippen LogP contribution in [0.4, 0.5) is 0 Å². The molecule has 0 aliphatic carbocycles. The Bertz CT molecular complexity index is 576. The minimum Gasteiger partial charge on any atom is -0.384 e. The van der Waals surface area contributed by atoms with Crippen molar-refractivity contribution in [3.8, 4) is 0 Å². The summed E-state index contributed by atoms with van der Waals surface area (Å²) in [5.74, 6) is 1.42. The van der Waals surface area contributed by atoms with Crippen molar-refractivity contribution in [1.29, 1.82) is 0 Å². The second-order valence-corrected chi connectivity index (χ2v) is 6.62. The summed E-state index contributed by atoms with van der Waals surface area (Å²) >= 11 is 0. The largest absolute Gasteiger partial charge is 0.384 e. The highest BCUT2D eigenvalue weighted by molar-refractivity contribution is 5.85. The van der Waals surface area contributed by atoms with E-state index >= 15 is 0 Å². The summed E-state index contributed by atoms with van der Waals surface area (Å²) in [4.78, 5) is 21.3. The summed E-state index contributed by atoms with van der Waals surface area (Å²) in [5, 5.41) is 3.31. The Labute approximate surface area is 157 Å². The molecule has 1 saturated heterocycles. The molecule has 0 bridgehead atoms. The Kier molecular flexibility index (Phi) is 8.41. The molecule has 0 aromatic heterocycles. The van der Waals surface area contributed by atoms with Crippen LogP contribution in [0.1, 0.15) is 25.8 Å². The first-order valence-corrected chi connectivity index (χ1v) is 9.51. The predicted molar refractivity (Wildman–Crippen MR) is 105 cm³/mol. The Morgan fingerprint density at radius 3 is 2.77 bits per heavy atom. The van der Waals surface area contributed by atoms with Gasteiger partial charge in [-0.2, -0.15) is 0 Å². The molecule has 0 spiro atoms. The molecule has 6 heteroatoms. The van der Waals surface area contributed by atoms with Crippen molar-refractivity contribution in [1.82, 2.24) is 15.1 Å². The van der Waals surface area contributed by atoms with E-state index in [4.69, 9.17) is 4.74 Å². The summed E-state index contributed by atoms with van der Waals surface area (Å²) in [6, 6.07) is 10.1. The molecular weight excluding hydrogens is 328 g/mol. The predicted octanol–water partition coefficient (Wildman–Crippen LogP) is 1.97. The lowest BCUT2D eigenvalue weighted by Gasteiger charge is -2.23. The first-order valence-electron chi connectivity index (χ1n) is 9.51. The number of aliphatic imine (C=N–C) groups is 1. The maximum atomic E-state index is 12.6. The van der Waals surface area contributed by atoms with E-state index in [9.17, 15) is 4.79 Å². The number of likely N-dealkylation sites (N-methyl/N-ethyl adjacent to an activating group) is 1. The van der Waals surface area contributed by atoms with Crippen LogP contribution in [0, 0.1) is 5.92 Å². The third-order valence-corrected chi connectivity index (χ3v) is 4.64. The number of likely N-dealkylation sites (tertiary alicyclic amines) is 1. The molecule has 1 aliphatic rings. The zero-order valence-corrected chi connectivity index (χ0v) is 16.3. The van der Waals surface area contributed by atoms with Crippen LogP contribution in [-0.2, 0) is 16.1 Å². The number of nitrogens with one attached hydrogen (secondary N) is 1.